The van der Waals surface area contributed by atoms with Gasteiger partial charge in [0.1, 0.15) is 0 Å². The monoisotopic (exact) mass is 522 g/mol. The number of nitrogens with one attached hydrogen (secondary N) is 1. The van der Waals surface area contributed by atoms with E-state index >= 15 is 0 Å². The molecule has 39 heavy (non-hydrogen) atoms. The van der Waals surface area contributed by atoms with Crippen LogP contribution < -0.4 is 16.7 Å². The molecule has 1 aliphatic heterocycles. The van der Waals surface area contributed by atoms with Gasteiger partial charge >= 0.3 is 0 Å². The van der Waals surface area contributed by atoms with Crippen LogP contribution in [0.1, 0.15) is 55.1 Å². The third kappa shape index (κ3) is 5.20. The van der Waals surface area contributed by atoms with Crippen LogP contribution in [0.4, 0.5) is 0 Å². The Kier molecular flexibility index (Phi) is 7.84. The average molecular weight is 523 g/mol. The number of hydrogen-bond donors (Lipinski definition) is 1. The third-order valence-electron chi connectivity index (χ3n) is 7.07. The van der Waals surface area contributed by atoms with E-state index in [4.69, 9.17) is 4.84 Å². The zero-order chi connectivity index (χ0) is 27.4. The van der Waals surface area contributed by atoms with Crippen LogP contribution in [0, 0.1) is 0 Å². The lowest BCUT2D eigenvalue weighted by Gasteiger charge is -2.22. The molecule has 2 unspecified atom stereocenters. The van der Waals surface area contributed by atoms with E-state index in [1.165, 1.54) is 0 Å². The van der Waals surface area contributed by atoms with Crippen LogP contribution in [0.25, 0.3) is 11.1 Å². The maximum absolute atomic E-state index is 14.1. The first-order chi connectivity index (χ1) is 19.0. The van der Waals surface area contributed by atoms with Crippen molar-refractivity contribution in [3.63, 3.8) is 0 Å². The first kappa shape index (κ1) is 26.3. The first-order valence-corrected chi connectivity index (χ1v) is 13.4. The minimum atomic E-state index is -0.225. The second-order valence-corrected chi connectivity index (χ2v) is 9.66. The highest BCUT2D eigenvalue weighted by Crippen LogP contribution is 2.26. The topological polar surface area (TPSA) is 85.3 Å². The summed E-state index contributed by atoms with van der Waals surface area (Å²) in [7, 11) is 1.70. The molecule has 0 saturated heterocycles. The highest BCUT2D eigenvalue weighted by molar-refractivity contribution is 6.04. The molecule has 2 aromatic carbocycles. The number of benzene rings is 2. The number of aliphatic imine (C=N–C) groups is 1. The summed E-state index contributed by atoms with van der Waals surface area (Å²) in [5.41, 5.74) is 9.15. The number of rotatable bonds is 8. The number of amidine groups is 1. The van der Waals surface area contributed by atoms with Gasteiger partial charge in [-0.2, -0.15) is 5.10 Å². The van der Waals surface area contributed by atoms with Gasteiger partial charge in [0.25, 0.3) is 5.56 Å². The summed E-state index contributed by atoms with van der Waals surface area (Å²) in [5.74, 6) is 0.724. The van der Waals surface area contributed by atoms with Crippen molar-refractivity contribution in [3.05, 3.63) is 111 Å². The molecule has 1 aromatic heterocycles. The van der Waals surface area contributed by atoms with Gasteiger partial charge in [-0.3, -0.25) is 14.4 Å². The van der Waals surface area contributed by atoms with Crippen molar-refractivity contribution in [3.8, 4) is 11.1 Å². The van der Waals surface area contributed by atoms with E-state index in [9.17, 15) is 4.79 Å². The second kappa shape index (κ2) is 11.6. The van der Waals surface area contributed by atoms with Gasteiger partial charge < -0.3 is 0 Å². The van der Waals surface area contributed by atoms with Gasteiger partial charge in [-0.15, -0.1) is 0 Å². The summed E-state index contributed by atoms with van der Waals surface area (Å²) < 4.78 is 3.50. The maximum atomic E-state index is 14.1. The fraction of sp³-hybridized carbons (Fsp3) is 0.290. The van der Waals surface area contributed by atoms with Gasteiger partial charge in [-0.1, -0.05) is 86.2 Å². The standard InChI is InChI=1S/C31H34N6O2/c1-5-11-28-27(30(38)36(24-12-7-6-8-13-24)31(32-3)37(28)33-4)20-22-16-18-23(19-17-22)25-14-9-10-15-26(25)29-34-21(2)39-35-29/h6-10,12,14-19,21,24H,4-5,11,13,20H2,1-3H3,(H,34,35). The van der Waals surface area contributed by atoms with Crippen molar-refractivity contribution in [2.24, 2.45) is 15.1 Å². The van der Waals surface area contributed by atoms with Gasteiger partial charge in [0.05, 0.1) is 11.7 Å². The smallest absolute Gasteiger partial charge is 0.259 e. The third-order valence-corrected chi connectivity index (χ3v) is 7.07. The fourth-order valence-electron chi connectivity index (χ4n) is 5.24. The number of nitrogens with zero attached hydrogens (tertiary/aromatic N) is 5. The molecule has 0 fully saturated rings. The summed E-state index contributed by atoms with van der Waals surface area (Å²) in [6, 6.07) is 16.4. The predicted molar refractivity (Wildman–Crippen MR) is 156 cm³/mol. The Morgan fingerprint density at radius 1 is 1.13 bits per heavy atom. The lowest BCUT2D eigenvalue weighted by molar-refractivity contribution is 0.0504. The Hall–Kier alpha value is -4.30. The predicted octanol–water partition coefficient (Wildman–Crippen LogP) is 4.54. The second-order valence-electron chi connectivity index (χ2n) is 9.66. The van der Waals surface area contributed by atoms with E-state index in [0.717, 1.165) is 52.2 Å². The van der Waals surface area contributed by atoms with Crippen molar-refractivity contribution >= 4 is 12.6 Å². The van der Waals surface area contributed by atoms with Crippen LogP contribution in [0.5, 0.6) is 0 Å². The van der Waals surface area contributed by atoms with Gasteiger partial charge in [0.2, 0.25) is 5.62 Å². The van der Waals surface area contributed by atoms with E-state index in [1.54, 1.807) is 16.3 Å². The summed E-state index contributed by atoms with van der Waals surface area (Å²) in [6.07, 6.45) is 10.6. The van der Waals surface area contributed by atoms with Crippen molar-refractivity contribution in [1.82, 2.24) is 14.7 Å². The molecule has 0 amide bonds. The molecule has 2 heterocycles. The summed E-state index contributed by atoms with van der Waals surface area (Å²) in [5, 5.41) is 4.31. The minimum absolute atomic E-state index is 0.0299. The molecule has 1 aliphatic carbocycles. The highest BCUT2D eigenvalue weighted by atomic mass is 16.7. The van der Waals surface area contributed by atoms with Gasteiger partial charge in [0.15, 0.2) is 12.1 Å². The van der Waals surface area contributed by atoms with E-state index in [-0.39, 0.29) is 17.8 Å². The average Bonchev–Trinajstić information content (AvgIpc) is 3.41. The fourth-order valence-corrected chi connectivity index (χ4v) is 5.24. The van der Waals surface area contributed by atoms with Crippen molar-refractivity contribution < 1.29 is 4.84 Å². The summed E-state index contributed by atoms with van der Waals surface area (Å²) in [6.45, 7) is 7.81. The SMILES string of the molecule is C=Nn1c(CCC)c(Cc2ccc(-c3ccccc3C3=NC(C)ON3)cc2)c(=O)n(C2C=CC=CC2)c1=NC. The lowest BCUT2D eigenvalue weighted by Crippen LogP contribution is -2.45. The lowest BCUT2D eigenvalue weighted by atomic mass is 9.96. The Morgan fingerprint density at radius 3 is 2.51 bits per heavy atom. The molecule has 3 aromatic rings. The molecule has 8 nitrogen and oxygen atoms in total. The summed E-state index contributed by atoms with van der Waals surface area (Å²) in [4.78, 5) is 28.5. The molecule has 5 rings (SSSR count). The maximum Gasteiger partial charge on any atom is 0.259 e. The van der Waals surface area contributed by atoms with E-state index < -0.39 is 0 Å². The molecular weight excluding hydrogens is 488 g/mol. The van der Waals surface area contributed by atoms with Crippen molar-refractivity contribution in [2.75, 3.05) is 7.05 Å². The molecule has 2 aliphatic rings. The van der Waals surface area contributed by atoms with Crippen LogP contribution in [0.15, 0.2) is 92.7 Å². The first-order valence-electron chi connectivity index (χ1n) is 13.4. The zero-order valence-corrected chi connectivity index (χ0v) is 22.7. The van der Waals surface area contributed by atoms with Crippen LogP contribution in [-0.2, 0) is 17.7 Å². The largest absolute Gasteiger partial charge is 0.270 e. The summed E-state index contributed by atoms with van der Waals surface area (Å²) >= 11 is 0. The van der Waals surface area contributed by atoms with E-state index in [2.05, 4.69) is 70.6 Å². The highest BCUT2D eigenvalue weighted by Gasteiger charge is 2.22. The number of hydrogen-bond acceptors (Lipinski definition) is 6. The molecule has 1 N–H and O–H groups in total. The van der Waals surface area contributed by atoms with Crippen LogP contribution >= 0.6 is 0 Å². The van der Waals surface area contributed by atoms with Crippen LogP contribution in [0.2, 0.25) is 0 Å². The van der Waals surface area contributed by atoms with Gasteiger partial charge in [0, 0.05) is 31.3 Å². The number of aromatic nitrogens is 2. The minimum Gasteiger partial charge on any atom is -0.270 e. The Morgan fingerprint density at radius 2 is 1.90 bits per heavy atom. The molecule has 2 atom stereocenters. The van der Waals surface area contributed by atoms with Gasteiger partial charge in [-0.25, -0.2) is 20.0 Å². The molecular formula is C31H34N6O2. The van der Waals surface area contributed by atoms with Crippen LogP contribution in [-0.4, -0.2) is 35.1 Å². The molecule has 200 valence electrons. The molecule has 0 saturated carbocycles. The van der Waals surface area contributed by atoms with Crippen molar-refractivity contribution in [2.45, 2.75) is 51.8 Å². The molecule has 8 heteroatoms. The Balaban J connectivity index is 1.56. The van der Waals surface area contributed by atoms with Crippen molar-refractivity contribution in [1.29, 1.82) is 0 Å². The quantitative estimate of drug-likeness (QED) is 0.441. The molecule has 0 radical (unpaired) electrons. The molecule has 0 spiro atoms. The van der Waals surface area contributed by atoms with E-state index in [1.807, 2.05) is 43.4 Å². The Labute approximate surface area is 228 Å². The van der Waals surface area contributed by atoms with Crippen LogP contribution in [0.3, 0.4) is 0 Å². The Bertz CT molecular complexity index is 1590. The zero-order valence-electron chi connectivity index (χ0n) is 22.7. The van der Waals surface area contributed by atoms with Gasteiger partial charge in [-0.05, 0) is 36.5 Å². The number of hydroxylamine groups is 1. The normalized spacial score (nSPS) is 18.7. The number of allylic oxidation sites excluding steroid dienone is 4. The van der Waals surface area contributed by atoms with E-state index in [0.29, 0.717) is 18.5 Å². The molecule has 0 bridgehead atoms.